The molecule has 33 heavy (non-hydrogen) atoms. The lowest BCUT2D eigenvalue weighted by atomic mass is 9.86. The van der Waals surface area contributed by atoms with Crippen LogP contribution in [-0.2, 0) is 39.5 Å². The summed E-state index contributed by atoms with van der Waals surface area (Å²) in [5, 5.41) is 11.9. The highest BCUT2D eigenvalue weighted by molar-refractivity contribution is 5.90. The van der Waals surface area contributed by atoms with Crippen LogP contribution >= 0.6 is 0 Å². The van der Waals surface area contributed by atoms with E-state index in [1.54, 1.807) is 31.6 Å². The standard InChI is InChI=1S/C25H24N2O6/c1-4-25(31)18-10-20-22-14(11-27(20)23(29)17(18)12-33-24(25)30)9-16-15(6-5-13(2)28)21(32-3)8-7-19(16)26-22/h7-10,31H,4-6,11-12H2,1-3H3. The van der Waals surface area contributed by atoms with Gasteiger partial charge in [0, 0.05) is 28.5 Å². The number of cyclic esters (lactones) is 1. The third kappa shape index (κ3) is 3.08. The van der Waals surface area contributed by atoms with E-state index in [4.69, 9.17) is 14.5 Å². The van der Waals surface area contributed by atoms with Crippen molar-refractivity contribution in [3.05, 3.63) is 56.9 Å². The lowest BCUT2D eigenvalue weighted by molar-refractivity contribution is -0.172. The van der Waals surface area contributed by atoms with E-state index in [0.29, 0.717) is 47.7 Å². The molecular formula is C25H24N2O6. The normalized spacial score (nSPS) is 18.5. The number of ether oxygens (including phenoxy) is 2. The quantitative estimate of drug-likeness (QED) is 0.468. The summed E-state index contributed by atoms with van der Waals surface area (Å²) < 4.78 is 12.3. The number of benzene rings is 1. The number of aromatic nitrogens is 2. The third-order valence-corrected chi connectivity index (χ3v) is 6.71. The van der Waals surface area contributed by atoms with Crippen molar-refractivity contribution < 1.29 is 24.2 Å². The molecule has 0 aliphatic carbocycles. The highest BCUT2D eigenvalue weighted by Crippen LogP contribution is 2.39. The van der Waals surface area contributed by atoms with Gasteiger partial charge >= 0.3 is 5.97 Å². The second kappa shape index (κ2) is 7.52. The molecule has 3 aromatic rings. The highest BCUT2D eigenvalue weighted by Gasteiger charge is 2.45. The summed E-state index contributed by atoms with van der Waals surface area (Å²) in [5.74, 6) is 0.0407. The van der Waals surface area contributed by atoms with E-state index >= 15 is 0 Å². The Bertz CT molecular complexity index is 1410. The van der Waals surface area contributed by atoms with Crippen LogP contribution < -0.4 is 10.3 Å². The van der Waals surface area contributed by atoms with Gasteiger partial charge in [-0.1, -0.05) is 6.92 Å². The fourth-order valence-electron chi connectivity index (χ4n) is 4.84. The summed E-state index contributed by atoms with van der Waals surface area (Å²) in [4.78, 5) is 42.1. The molecule has 1 atom stereocenters. The monoisotopic (exact) mass is 448 g/mol. The summed E-state index contributed by atoms with van der Waals surface area (Å²) in [5.41, 5.74) is 2.13. The third-order valence-electron chi connectivity index (χ3n) is 6.71. The average Bonchev–Trinajstić information content (AvgIpc) is 3.16. The van der Waals surface area contributed by atoms with Crippen LogP contribution in [0.5, 0.6) is 5.75 Å². The van der Waals surface area contributed by atoms with Crippen LogP contribution in [0.25, 0.3) is 22.3 Å². The van der Waals surface area contributed by atoms with Crippen LogP contribution in [0.1, 0.15) is 48.9 Å². The smallest absolute Gasteiger partial charge is 0.343 e. The largest absolute Gasteiger partial charge is 0.496 e. The van der Waals surface area contributed by atoms with Gasteiger partial charge in [0.25, 0.3) is 5.56 Å². The van der Waals surface area contributed by atoms with Gasteiger partial charge in [0.2, 0.25) is 0 Å². The number of pyridine rings is 2. The van der Waals surface area contributed by atoms with E-state index in [9.17, 15) is 19.5 Å². The van der Waals surface area contributed by atoms with E-state index in [-0.39, 0.29) is 24.4 Å². The number of aliphatic hydroxyl groups is 1. The van der Waals surface area contributed by atoms with Crippen LogP contribution in [0.3, 0.4) is 0 Å². The number of aryl methyl sites for hydroxylation is 1. The first-order valence-corrected chi connectivity index (χ1v) is 10.9. The van der Waals surface area contributed by atoms with Crippen LogP contribution in [0.2, 0.25) is 0 Å². The van der Waals surface area contributed by atoms with Gasteiger partial charge in [-0.15, -0.1) is 0 Å². The predicted octanol–water partition coefficient (Wildman–Crippen LogP) is 2.61. The zero-order valence-electron chi connectivity index (χ0n) is 18.7. The maximum absolute atomic E-state index is 13.3. The second-order valence-corrected chi connectivity index (χ2v) is 8.61. The van der Waals surface area contributed by atoms with E-state index in [2.05, 4.69) is 0 Å². The zero-order chi connectivity index (χ0) is 23.5. The molecule has 0 spiro atoms. The maximum atomic E-state index is 13.3. The molecule has 0 bridgehead atoms. The fraction of sp³-hybridized carbons (Fsp3) is 0.360. The predicted molar refractivity (Wildman–Crippen MR) is 120 cm³/mol. The number of Topliss-reactive ketones (excluding diaryl/α,β-unsaturated/α-hetero) is 1. The highest BCUT2D eigenvalue weighted by atomic mass is 16.6. The zero-order valence-corrected chi connectivity index (χ0v) is 18.7. The second-order valence-electron chi connectivity index (χ2n) is 8.61. The minimum Gasteiger partial charge on any atom is -0.496 e. The Hall–Kier alpha value is -3.52. The molecule has 0 fully saturated rings. The van der Waals surface area contributed by atoms with Gasteiger partial charge in [0.1, 0.15) is 18.1 Å². The first-order valence-electron chi connectivity index (χ1n) is 10.9. The van der Waals surface area contributed by atoms with Crippen molar-refractivity contribution in [1.82, 2.24) is 9.55 Å². The number of fused-ring (bicyclic) bond motifs is 5. The van der Waals surface area contributed by atoms with Gasteiger partial charge in [-0.05, 0) is 44.0 Å². The Morgan fingerprint density at radius 1 is 1.30 bits per heavy atom. The van der Waals surface area contributed by atoms with Crippen molar-refractivity contribution in [2.45, 2.75) is 51.9 Å². The SMILES string of the molecule is CCC1(O)C(=O)OCc2c1cc1n(c2=O)Cc2cc3c(CCC(C)=O)c(OC)ccc3nc2-1. The molecule has 170 valence electrons. The summed E-state index contributed by atoms with van der Waals surface area (Å²) in [6, 6.07) is 7.38. The molecule has 0 saturated carbocycles. The molecule has 8 nitrogen and oxygen atoms in total. The van der Waals surface area contributed by atoms with Crippen molar-refractivity contribution in [3.8, 4) is 17.1 Å². The molecule has 1 aromatic carbocycles. The van der Waals surface area contributed by atoms with Gasteiger partial charge < -0.3 is 23.9 Å². The number of rotatable bonds is 5. The fourth-order valence-corrected chi connectivity index (χ4v) is 4.84. The number of methoxy groups -OCH3 is 1. The number of ketones is 1. The molecule has 5 rings (SSSR count). The van der Waals surface area contributed by atoms with Crippen molar-refractivity contribution >= 4 is 22.7 Å². The van der Waals surface area contributed by atoms with Crippen molar-refractivity contribution in [2.75, 3.05) is 7.11 Å². The number of hydrogen-bond donors (Lipinski definition) is 1. The van der Waals surface area contributed by atoms with E-state index in [0.717, 1.165) is 22.0 Å². The van der Waals surface area contributed by atoms with Crippen LogP contribution in [-0.4, -0.2) is 33.5 Å². The van der Waals surface area contributed by atoms with Crippen LogP contribution in [0, 0.1) is 0 Å². The number of carbonyl (C=O) groups excluding carboxylic acids is 2. The molecule has 8 heteroatoms. The summed E-state index contributed by atoms with van der Waals surface area (Å²) in [6.45, 7) is 3.40. The van der Waals surface area contributed by atoms with Gasteiger partial charge in [-0.3, -0.25) is 4.79 Å². The van der Waals surface area contributed by atoms with Crippen molar-refractivity contribution in [1.29, 1.82) is 0 Å². The molecule has 2 aromatic heterocycles. The number of carbonyl (C=O) groups is 2. The first-order chi connectivity index (χ1) is 15.8. The summed E-state index contributed by atoms with van der Waals surface area (Å²) >= 11 is 0. The molecule has 2 aliphatic rings. The van der Waals surface area contributed by atoms with Gasteiger partial charge in [-0.25, -0.2) is 9.78 Å². The molecule has 1 unspecified atom stereocenters. The Balaban J connectivity index is 1.71. The summed E-state index contributed by atoms with van der Waals surface area (Å²) in [7, 11) is 1.59. The molecule has 0 saturated heterocycles. The van der Waals surface area contributed by atoms with Gasteiger partial charge in [0.15, 0.2) is 5.60 Å². The van der Waals surface area contributed by atoms with Gasteiger partial charge in [0.05, 0.1) is 36.1 Å². The van der Waals surface area contributed by atoms with E-state index in [1.165, 1.54) is 0 Å². The van der Waals surface area contributed by atoms with Crippen molar-refractivity contribution in [2.24, 2.45) is 0 Å². The van der Waals surface area contributed by atoms with Crippen molar-refractivity contribution in [3.63, 3.8) is 0 Å². The summed E-state index contributed by atoms with van der Waals surface area (Å²) in [6.07, 6.45) is 1.02. The minimum absolute atomic E-state index is 0.0906. The van der Waals surface area contributed by atoms with Crippen LogP contribution in [0.4, 0.5) is 0 Å². The lowest BCUT2D eigenvalue weighted by Gasteiger charge is -2.31. The Morgan fingerprint density at radius 3 is 2.79 bits per heavy atom. The Kier molecular flexibility index (Phi) is 4.86. The Labute approximate surface area is 189 Å². The van der Waals surface area contributed by atoms with Gasteiger partial charge in [-0.2, -0.15) is 0 Å². The molecule has 0 radical (unpaired) electrons. The molecule has 2 aliphatic heterocycles. The lowest BCUT2D eigenvalue weighted by Crippen LogP contribution is -2.44. The molecular weight excluding hydrogens is 424 g/mol. The maximum Gasteiger partial charge on any atom is 0.343 e. The molecule has 0 amide bonds. The van der Waals surface area contributed by atoms with E-state index in [1.807, 2.05) is 18.2 Å². The van der Waals surface area contributed by atoms with Crippen LogP contribution in [0.15, 0.2) is 29.1 Å². The van der Waals surface area contributed by atoms with E-state index < -0.39 is 11.6 Å². The molecule has 4 heterocycles. The minimum atomic E-state index is -1.85. The Morgan fingerprint density at radius 2 is 2.09 bits per heavy atom. The topological polar surface area (TPSA) is 108 Å². The first kappa shape index (κ1) is 21.3. The molecule has 1 N–H and O–H groups in total. The number of hydrogen-bond acceptors (Lipinski definition) is 7. The number of nitrogens with zero attached hydrogens (tertiary/aromatic N) is 2. The number of esters is 1. The average molecular weight is 448 g/mol.